The third-order valence-electron chi connectivity index (χ3n) is 12.4. The van der Waals surface area contributed by atoms with E-state index in [1.807, 2.05) is 0 Å². The van der Waals surface area contributed by atoms with Gasteiger partial charge in [0.25, 0.3) is 0 Å². The molecule has 11 heteroatoms. The second kappa shape index (κ2) is 12.4. The van der Waals surface area contributed by atoms with E-state index in [0.29, 0.717) is 51.3 Å². The van der Waals surface area contributed by atoms with Crippen molar-refractivity contribution in [3.8, 4) is 0 Å². The Morgan fingerprint density at radius 3 is 2.10 bits per heavy atom. The summed E-state index contributed by atoms with van der Waals surface area (Å²) in [5.74, 6) is -0.277. The van der Waals surface area contributed by atoms with Gasteiger partial charge >= 0.3 is 12.1 Å². The lowest BCUT2D eigenvalue weighted by Gasteiger charge is -2.54. The SMILES string of the molecule is CC(=O)O[C@H]1c2nc(C3CCOCC3)c3c(c2C(O[Si](C)(C)C(C)(C)C)CC12CCC2)C1(CCOCC1)O[C@@H]3c1ccc(C(F)(F)F)cc1. The van der Waals surface area contributed by atoms with Crippen LogP contribution in [0.25, 0.3) is 0 Å². The lowest BCUT2D eigenvalue weighted by molar-refractivity contribution is -0.167. The maximum atomic E-state index is 13.7. The monoisotopic (exact) mass is 701 g/mol. The highest BCUT2D eigenvalue weighted by Gasteiger charge is 2.59. The summed E-state index contributed by atoms with van der Waals surface area (Å²) in [5.41, 5.74) is 3.58. The van der Waals surface area contributed by atoms with Crippen LogP contribution in [-0.2, 0) is 39.9 Å². The minimum absolute atomic E-state index is 0.0546. The van der Waals surface area contributed by atoms with Crippen molar-refractivity contribution in [2.45, 2.75) is 133 Å². The van der Waals surface area contributed by atoms with Crippen LogP contribution in [0.15, 0.2) is 24.3 Å². The summed E-state index contributed by atoms with van der Waals surface area (Å²) in [4.78, 5) is 18.4. The Bertz CT molecular complexity index is 1570. The van der Waals surface area contributed by atoms with E-state index in [4.69, 9.17) is 28.4 Å². The van der Waals surface area contributed by atoms with Crippen LogP contribution in [0.2, 0.25) is 18.1 Å². The zero-order valence-corrected chi connectivity index (χ0v) is 30.6. The fourth-order valence-electron chi connectivity index (χ4n) is 8.66. The predicted octanol–water partition coefficient (Wildman–Crippen LogP) is 9.36. The maximum Gasteiger partial charge on any atom is 0.416 e. The minimum atomic E-state index is -4.44. The topological polar surface area (TPSA) is 76.1 Å². The molecule has 3 fully saturated rings. The van der Waals surface area contributed by atoms with Gasteiger partial charge in [-0.25, -0.2) is 0 Å². The van der Waals surface area contributed by atoms with E-state index in [9.17, 15) is 18.0 Å². The van der Waals surface area contributed by atoms with Crippen molar-refractivity contribution in [1.29, 1.82) is 0 Å². The largest absolute Gasteiger partial charge is 0.455 e. The van der Waals surface area contributed by atoms with E-state index in [2.05, 4.69) is 33.9 Å². The average molecular weight is 702 g/mol. The number of rotatable bonds is 5. The zero-order chi connectivity index (χ0) is 35.0. The van der Waals surface area contributed by atoms with Gasteiger partial charge in [0.1, 0.15) is 12.2 Å². The summed E-state index contributed by atoms with van der Waals surface area (Å²) in [6.45, 7) is 14.9. The number of hydrogen-bond acceptors (Lipinski definition) is 7. The molecule has 0 N–H and O–H groups in total. The molecule has 3 atom stereocenters. The van der Waals surface area contributed by atoms with Crippen molar-refractivity contribution >= 4 is 14.3 Å². The first-order valence-electron chi connectivity index (χ1n) is 18.0. The normalized spacial score (nSPS) is 26.7. The lowest BCUT2D eigenvalue weighted by Crippen LogP contribution is -2.49. The average Bonchev–Trinajstić information content (AvgIpc) is 3.34. The van der Waals surface area contributed by atoms with Crippen LogP contribution in [0.1, 0.15) is 142 Å². The molecule has 1 aromatic carbocycles. The molecule has 7 nitrogen and oxygen atoms in total. The highest BCUT2D eigenvalue weighted by molar-refractivity contribution is 6.74. The minimum Gasteiger partial charge on any atom is -0.455 e. The molecule has 1 saturated carbocycles. The summed E-state index contributed by atoms with van der Waals surface area (Å²) in [7, 11) is -2.33. The van der Waals surface area contributed by atoms with Crippen molar-refractivity contribution in [3.63, 3.8) is 0 Å². The Kier molecular flexibility index (Phi) is 8.90. The van der Waals surface area contributed by atoms with Crippen LogP contribution in [0, 0.1) is 5.41 Å². The Morgan fingerprint density at radius 2 is 1.55 bits per heavy atom. The van der Waals surface area contributed by atoms with E-state index >= 15 is 0 Å². The first-order chi connectivity index (χ1) is 23.1. The molecule has 7 rings (SSSR count). The van der Waals surface area contributed by atoms with Gasteiger partial charge < -0.3 is 23.4 Å². The molecule has 2 aromatic rings. The third-order valence-corrected chi connectivity index (χ3v) is 16.9. The molecule has 2 saturated heterocycles. The smallest absolute Gasteiger partial charge is 0.416 e. The van der Waals surface area contributed by atoms with Crippen molar-refractivity contribution in [2.75, 3.05) is 26.4 Å². The summed E-state index contributed by atoms with van der Waals surface area (Å²) in [6, 6.07) is 5.40. The van der Waals surface area contributed by atoms with Crippen LogP contribution in [0.3, 0.4) is 0 Å². The number of halogens is 3. The fraction of sp³-hybridized carbons (Fsp3) is 0.684. The van der Waals surface area contributed by atoms with Gasteiger partial charge in [0.2, 0.25) is 0 Å². The molecule has 2 spiro atoms. The number of esters is 1. The van der Waals surface area contributed by atoms with E-state index < -0.39 is 37.9 Å². The number of aromatic nitrogens is 1. The Balaban J connectivity index is 1.52. The van der Waals surface area contributed by atoms with Gasteiger partial charge in [-0.15, -0.1) is 0 Å². The predicted molar refractivity (Wildman–Crippen MR) is 180 cm³/mol. The molecule has 2 aliphatic carbocycles. The second-order valence-electron chi connectivity index (χ2n) is 16.5. The van der Waals surface area contributed by atoms with Crippen molar-refractivity contribution in [3.05, 3.63) is 63.5 Å². The number of carbonyl (C=O) groups is 1. The number of nitrogens with zero attached hydrogens (tertiary/aromatic N) is 1. The number of fused-ring (bicyclic) bond motifs is 4. The molecule has 3 aliphatic heterocycles. The molecule has 5 aliphatic rings. The van der Waals surface area contributed by atoms with E-state index in [-0.39, 0.29) is 28.4 Å². The zero-order valence-electron chi connectivity index (χ0n) is 29.6. The second-order valence-corrected chi connectivity index (χ2v) is 21.2. The van der Waals surface area contributed by atoms with Crippen LogP contribution < -0.4 is 0 Å². The number of hydrogen-bond donors (Lipinski definition) is 0. The maximum absolute atomic E-state index is 13.7. The summed E-state index contributed by atoms with van der Waals surface area (Å²) < 4.78 is 73.7. The molecule has 0 bridgehead atoms. The molecule has 1 aromatic heterocycles. The highest BCUT2D eigenvalue weighted by Crippen LogP contribution is 2.66. The summed E-state index contributed by atoms with van der Waals surface area (Å²) >= 11 is 0. The number of carbonyl (C=O) groups excluding carboxylic acids is 1. The Labute approximate surface area is 288 Å². The van der Waals surface area contributed by atoms with E-state index in [1.165, 1.54) is 6.92 Å². The van der Waals surface area contributed by atoms with Gasteiger partial charge in [0.15, 0.2) is 8.32 Å². The summed E-state index contributed by atoms with van der Waals surface area (Å²) in [6.07, 6.45) is 0.475. The Morgan fingerprint density at radius 1 is 0.918 bits per heavy atom. The van der Waals surface area contributed by atoms with E-state index in [0.717, 1.165) is 72.3 Å². The van der Waals surface area contributed by atoms with Crippen LogP contribution in [-0.4, -0.2) is 45.7 Å². The molecule has 1 unspecified atom stereocenters. The third kappa shape index (κ3) is 6.09. The van der Waals surface area contributed by atoms with Crippen molar-refractivity contribution < 1.29 is 41.3 Å². The molecule has 0 amide bonds. The first-order valence-corrected chi connectivity index (χ1v) is 20.9. The first kappa shape index (κ1) is 35.1. The van der Waals surface area contributed by atoms with Gasteiger partial charge in [0.05, 0.1) is 28.7 Å². The van der Waals surface area contributed by atoms with Crippen LogP contribution in [0.4, 0.5) is 13.2 Å². The van der Waals surface area contributed by atoms with Gasteiger partial charge in [-0.1, -0.05) is 39.3 Å². The molecule has 268 valence electrons. The van der Waals surface area contributed by atoms with Crippen molar-refractivity contribution in [1.82, 2.24) is 4.98 Å². The highest BCUT2D eigenvalue weighted by atomic mass is 28.4. The number of pyridine rings is 1. The number of benzene rings is 1. The number of alkyl halides is 3. The quantitative estimate of drug-likeness (QED) is 0.227. The molecular weight excluding hydrogens is 651 g/mol. The van der Waals surface area contributed by atoms with Gasteiger partial charge in [-0.2, -0.15) is 13.2 Å². The number of ether oxygens (including phenoxy) is 4. The molecular formula is C38H50F3NO6Si. The molecule has 49 heavy (non-hydrogen) atoms. The summed E-state index contributed by atoms with van der Waals surface area (Å²) in [5, 5.41) is -0.0546. The van der Waals surface area contributed by atoms with Gasteiger partial charge in [0, 0.05) is 68.7 Å². The standard InChI is InChI=1S/C38H50F3NO6Si/c1-23(43)46-34-32-28(27(22-36(34)14-7-15-36)48-49(5,6)35(2,3)4)30-29(31(42-32)24-12-18-44-19-13-24)33(47-37(30)16-20-45-21-17-37)25-8-10-26(11-9-25)38(39,40)41/h8-11,24,27,33-34H,7,12-22H2,1-6H3/t27?,33-,34+/m1/s1. The van der Waals surface area contributed by atoms with Crippen molar-refractivity contribution in [2.24, 2.45) is 5.41 Å². The van der Waals surface area contributed by atoms with E-state index in [1.54, 1.807) is 12.1 Å². The molecule has 4 heterocycles. The van der Waals surface area contributed by atoms with Crippen LogP contribution in [0.5, 0.6) is 0 Å². The van der Waals surface area contributed by atoms with Gasteiger partial charge in [-0.05, 0) is 73.5 Å². The van der Waals surface area contributed by atoms with Crippen LogP contribution >= 0.6 is 0 Å². The Hall–Kier alpha value is -2.31. The molecule has 0 radical (unpaired) electrons. The van der Waals surface area contributed by atoms with Gasteiger partial charge in [-0.3, -0.25) is 9.78 Å². The lowest BCUT2D eigenvalue weighted by atomic mass is 9.57. The fourth-order valence-corrected chi connectivity index (χ4v) is 9.92.